The fourth-order valence-corrected chi connectivity index (χ4v) is 3.88. The van der Waals surface area contributed by atoms with Gasteiger partial charge in [0, 0.05) is 13.5 Å². The lowest BCUT2D eigenvalue weighted by atomic mass is 10.00. The van der Waals surface area contributed by atoms with Crippen LogP contribution in [0, 0.1) is 13.8 Å². The normalized spacial score (nSPS) is 13.4. The number of amides is 4. The van der Waals surface area contributed by atoms with E-state index in [2.05, 4.69) is 19.8 Å². The Hall–Kier alpha value is -3.29. The van der Waals surface area contributed by atoms with Crippen LogP contribution < -0.4 is 21.9 Å². The molecule has 0 aromatic heterocycles. The minimum Gasteiger partial charge on any atom is -0.370 e. The number of aryl methyl sites for hydroxylation is 2. The van der Waals surface area contributed by atoms with Gasteiger partial charge in [-0.3, -0.25) is 24.3 Å². The number of nitrogens with zero attached hydrogens (tertiary/aromatic N) is 1. The summed E-state index contributed by atoms with van der Waals surface area (Å²) in [4.78, 5) is 51.2. The topological polar surface area (TPSA) is 148 Å². The van der Waals surface area contributed by atoms with Gasteiger partial charge < -0.3 is 21.7 Å². The van der Waals surface area contributed by atoms with Gasteiger partial charge >= 0.3 is 0 Å². The van der Waals surface area contributed by atoms with Crippen molar-refractivity contribution in [2.24, 2.45) is 11.5 Å². The van der Waals surface area contributed by atoms with Crippen LogP contribution in [0.1, 0.15) is 28.7 Å². The summed E-state index contributed by atoms with van der Waals surface area (Å²) in [5.74, 6) is -2.58. The van der Waals surface area contributed by atoms with Crippen molar-refractivity contribution in [2.45, 2.75) is 51.2 Å². The fourth-order valence-electron chi connectivity index (χ4n) is 3.62. The van der Waals surface area contributed by atoms with Crippen molar-refractivity contribution in [1.82, 2.24) is 15.3 Å². The first-order valence-corrected chi connectivity index (χ1v) is 11.8. The molecule has 0 fully saturated rings. The molecule has 9 nitrogen and oxygen atoms in total. The molecule has 4 amide bonds. The van der Waals surface area contributed by atoms with E-state index in [4.69, 9.17) is 11.5 Å². The van der Waals surface area contributed by atoms with Crippen LogP contribution in [0.4, 0.5) is 0 Å². The van der Waals surface area contributed by atoms with Crippen molar-refractivity contribution in [3.8, 4) is 0 Å². The maximum atomic E-state index is 13.4. The van der Waals surface area contributed by atoms with Gasteiger partial charge in [-0.25, -0.2) is 0 Å². The molecule has 0 radical (unpaired) electrons. The van der Waals surface area contributed by atoms with E-state index in [9.17, 15) is 19.2 Å². The third kappa shape index (κ3) is 8.46. The largest absolute Gasteiger partial charge is 0.370 e. The van der Waals surface area contributed by atoms with Gasteiger partial charge in [0.15, 0.2) is 0 Å². The Morgan fingerprint density at radius 1 is 0.857 bits per heavy atom. The number of nitrogens with two attached hydrogens (primary N) is 2. The fraction of sp³-hybridized carbons (Fsp3) is 0.360. The molecule has 3 unspecified atom stereocenters. The van der Waals surface area contributed by atoms with Crippen LogP contribution in [-0.2, 0) is 32.0 Å². The van der Waals surface area contributed by atoms with E-state index in [-0.39, 0.29) is 12.3 Å². The molecule has 0 aliphatic carbocycles. The third-order valence-electron chi connectivity index (χ3n) is 5.79. The maximum absolute atomic E-state index is 13.4. The van der Waals surface area contributed by atoms with Crippen LogP contribution in [0.3, 0.4) is 0 Å². The molecule has 0 aliphatic rings. The first-order chi connectivity index (χ1) is 16.5. The molecule has 0 saturated heterocycles. The van der Waals surface area contributed by atoms with Gasteiger partial charge in [0.05, 0.1) is 12.5 Å². The Labute approximate surface area is 208 Å². The zero-order valence-corrected chi connectivity index (χ0v) is 21.4. The first-order valence-electron chi connectivity index (χ1n) is 11.2. The molecule has 188 valence electrons. The SMILES string of the molecule is Cc1ccc(CC(NP)C(=O)N(C)C(Cc2ccc(C)cc2)C(=O)N[C@@H](CC(N)=O)C(N)=O)cc1. The highest BCUT2D eigenvalue weighted by Gasteiger charge is 2.33. The highest BCUT2D eigenvalue weighted by Crippen LogP contribution is 2.14. The minimum absolute atomic E-state index is 0.199. The summed E-state index contributed by atoms with van der Waals surface area (Å²) >= 11 is 0. The monoisotopic (exact) mass is 499 g/mol. The summed E-state index contributed by atoms with van der Waals surface area (Å²) < 4.78 is 0. The Balaban J connectivity index is 2.29. The molecule has 0 aliphatic heterocycles. The van der Waals surface area contributed by atoms with Crippen molar-refractivity contribution in [3.05, 3.63) is 70.8 Å². The van der Waals surface area contributed by atoms with Gasteiger partial charge in [0.2, 0.25) is 23.6 Å². The summed E-state index contributed by atoms with van der Waals surface area (Å²) in [7, 11) is 3.90. The lowest BCUT2D eigenvalue weighted by molar-refractivity contribution is -0.141. The highest BCUT2D eigenvalue weighted by molar-refractivity contribution is 7.13. The number of hydrogen-bond acceptors (Lipinski definition) is 5. The molecule has 4 atom stereocenters. The molecule has 0 spiro atoms. The standard InChI is InChI=1S/C25H34N5O4P/c1-15-4-8-17(9-5-15)12-20(29-35)25(34)30(3)21(13-18-10-6-16(2)7-11-18)24(33)28-19(23(27)32)14-22(26)31/h4-11,19-21,29H,12-14,35H2,1-3H3,(H2,26,31)(H2,27,32)(H,28,33)/t19-,20?,21?/m0/s1. The Bertz CT molecular complexity index is 1040. The second kappa shape index (κ2) is 13.0. The molecule has 0 heterocycles. The van der Waals surface area contributed by atoms with E-state index in [0.29, 0.717) is 6.42 Å². The molecule has 6 N–H and O–H groups in total. The average molecular weight is 500 g/mol. The molecule has 0 bridgehead atoms. The zero-order chi connectivity index (χ0) is 26.1. The lowest BCUT2D eigenvalue weighted by Crippen LogP contribution is -2.57. The molecule has 35 heavy (non-hydrogen) atoms. The van der Waals surface area contributed by atoms with Gasteiger partial charge in [0.1, 0.15) is 12.1 Å². The van der Waals surface area contributed by atoms with Crippen molar-refractivity contribution in [1.29, 1.82) is 0 Å². The number of hydrogen-bond donors (Lipinski definition) is 4. The molecule has 2 rings (SSSR count). The Morgan fingerprint density at radius 3 is 1.77 bits per heavy atom. The van der Waals surface area contributed by atoms with E-state index < -0.39 is 42.3 Å². The number of rotatable bonds is 12. The summed E-state index contributed by atoms with van der Waals surface area (Å²) in [5, 5.41) is 5.45. The molecular formula is C25H34N5O4P. The highest BCUT2D eigenvalue weighted by atomic mass is 31.0. The van der Waals surface area contributed by atoms with Crippen LogP contribution in [0.5, 0.6) is 0 Å². The van der Waals surface area contributed by atoms with Crippen molar-refractivity contribution >= 4 is 33.0 Å². The van der Waals surface area contributed by atoms with Gasteiger partial charge in [-0.2, -0.15) is 0 Å². The van der Waals surface area contributed by atoms with Crippen molar-refractivity contribution in [3.63, 3.8) is 0 Å². The lowest BCUT2D eigenvalue weighted by Gasteiger charge is -2.31. The molecular weight excluding hydrogens is 465 g/mol. The molecule has 2 aromatic rings. The maximum Gasteiger partial charge on any atom is 0.243 e. The molecule has 10 heteroatoms. The van der Waals surface area contributed by atoms with Crippen LogP contribution in [-0.4, -0.2) is 53.7 Å². The molecule has 2 aromatic carbocycles. The Kier molecular flexibility index (Phi) is 10.4. The van der Waals surface area contributed by atoms with Gasteiger partial charge in [0.25, 0.3) is 0 Å². The van der Waals surface area contributed by atoms with Crippen LogP contribution in [0.25, 0.3) is 0 Å². The van der Waals surface area contributed by atoms with Crippen molar-refractivity contribution in [2.75, 3.05) is 7.05 Å². The number of likely N-dealkylation sites (N-methyl/N-ethyl adjacent to an activating group) is 1. The summed E-state index contributed by atoms with van der Waals surface area (Å²) in [6, 6.07) is 12.6. The van der Waals surface area contributed by atoms with E-state index >= 15 is 0 Å². The van der Waals surface area contributed by atoms with Crippen molar-refractivity contribution < 1.29 is 19.2 Å². The molecule has 0 saturated carbocycles. The zero-order valence-electron chi connectivity index (χ0n) is 20.3. The van der Waals surface area contributed by atoms with Gasteiger partial charge in [-0.1, -0.05) is 69.0 Å². The second-order valence-electron chi connectivity index (χ2n) is 8.70. The van der Waals surface area contributed by atoms with Gasteiger partial charge in [-0.05, 0) is 31.4 Å². The average Bonchev–Trinajstić information content (AvgIpc) is 2.81. The number of carbonyl (C=O) groups excluding carboxylic acids is 4. The number of primary amides is 2. The number of benzene rings is 2. The predicted octanol–water partition coefficient (Wildman–Crippen LogP) is 0.509. The first kappa shape index (κ1) is 28.0. The summed E-state index contributed by atoms with van der Waals surface area (Å²) in [6.07, 6.45) is 0.182. The van der Waals surface area contributed by atoms with Gasteiger partial charge in [-0.15, -0.1) is 0 Å². The Morgan fingerprint density at radius 2 is 1.34 bits per heavy atom. The minimum atomic E-state index is -1.27. The predicted molar refractivity (Wildman–Crippen MR) is 138 cm³/mol. The van der Waals surface area contributed by atoms with Crippen LogP contribution >= 0.6 is 9.39 Å². The smallest absolute Gasteiger partial charge is 0.243 e. The van der Waals surface area contributed by atoms with E-state index in [1.807, 2.05) is 62.4 Å². The van der Waals surface area contributed by atoms with E-state index in [1.165, 1.54) is 11.9 Å². The van der Waals surface area contributed by atoms with E-state index in [1.54, 1.807) is 0 Å². The summed E-state index contributed by atoms with van der Waals surface area (Å²) in [5.41, 5.74) is 14.5. The van der Waals surface area contributed by atoms with Crippen LogP contribution in [0.15, 0.2) is 48.5 Å². The summed E-state index contributed by atoms with van der Waals surface area (Å²) in [6.45, 7) is 3.94. The number of nitrogens with one attached hydrogen (secondary N) is 2. The van der Waals surface area contributed by atoms with Crippen LogP contribution in [0.2, 0.25) is 0 Å². The second-order valence-corrected chi connectivity index (χ2v) is 9.03. The van der Waals surface area contributed by atoms with E-state index in [0.717, 1.165) is 22.3 Å². The third-order valence-corrected chi connectivity index (χ3v) is 6.19. The number of carbonyl (C=O) groups is 4. The quantitative estimate of drug-likeness (QED) is 0.314.